The summed E-state index contributed by atoms with van der Waals surface area (Å²) in [6.45, 7) is 4.47. The third-order valence-corrected chi connectivity index (χ3v) is 8.06. The summed E-state index contributed by atoms with van der Waals surface area (Å²) < 4.78 is 39.8. The van der Waals surface area contributed by atoms with E-state index in [1.807, 2.05) is 38.1 Å². The van der Waals surface area contributed by atoms with Gasteiger partial charge in [0.1, 0.15) is 6.29 Å². The third kappa shape index (κ3) is 5.41. The Hall–Kier alpha value is -1.47. The highest BCUT2D eigenvalue weighted by Gasteiger charge is 2.30. The average molecular weight is 487 g/mol. The molecule has 0 atom stereocenters. The van der Waals surface area contributed by atoms with Gasteiger partial charge >= 0.3 is 0 Å². The first-order valence-electron chi connectivity index (χ1n) is 9.22. The maximum atomic E-state index is 13.6. The molecule has 2 aromatic carbocycles. The van der Waals surface area contributed by atoms with Crippen molar-refractivity contribution in [1.82, 2.24) is 4.98 Å². The minimum Gasteiger partial charge on any atom is -0.333 e. The fraction of sp³-hybridized carbons (Fsp3) is 0.250. The number of nitrogens with zero attached hydrogens (tertiary/aromatic N) is 2. The maximum absolute atomic E-state index is 13.6. The van der Waals surface area contributed by atoms with Gasteiger partial charge in [-0.15, -0.1) is 0 Å². The van der Waals surface area contributed by atoms with Crippen molar-refractivity contribution in [2.24, 2.45) is 0 Å². The number of anilines is 1. The summed E-state index contributed by atoms with van der Waals surface area (Å²) in [6.07, 6.45) is 1.53. The van der Waals surface area contributed by atoms with Crippen molar-refractivity contribution in [3.63, 3.8) is 0 Å². The number of aromatic nitrogens is 1. The predicted octanol–water partition coefficient (Wildman–Crippen LogP) is 6.08. The molecule has 3 rings (SSSR count). The van der Waals surface area contributed by atoms with Crippen LogP contribution < -0.4 is 4.31 Å². The second-order valence-corrected chi connectivity index (χ2v) is 10.4. The molecule has 0 spiro atoms. The standard InChI is InChI=1S/C20H21Cl2N2O4PS/c1-3-27-29(28-4-2)14-24(18-9-15-7-5-6-8-20(15)23-13-18)30(25,26)19-11-16(21)10-17(22)12-19/h5-13H,3-4,14H2,1-2H3. The topological polar surface area (TPSA) is 68.7 Å². The zero-order valence-corrected chi connectivity index (χ0v) is 19.7. The van der Waals surface area contributed by atoms with E-state index in [2.05, 4.69) is 4.98 Å². The lowest BCUT2D eigenvalue weighted by atomic mass is 10.2. The molecule has 0 aliphatic heterocycles. The highest BCUT2D eigenvalue weighted by atomic mass is 35.5. The molecule has 0 radical (unpaired) electrons. The molecule has 0 saturated heterocycles. The summed E-state index contributed by atoms with van der Waals surface area (Å²) in [7, 11) is -5.50. The molecule has 3 aromatic rings. The van der Waals surface area contributed by atoms with Gasteiger partial charge < -0.3 is 9.05 Å². The summed E-state index contributed by atoms with van der Waals surface area (Å²) in [6, 6.07) is 13.5. The van der Waals surface area contributed by atoms with Crippen molar-refractivity contribution >= 4 is 58.2 Å². The van der Waals surface area contributed by atoms with Gasteiger partial charge in [0.2, 0.25) is 0 Å². The minimum absolute atomic E-state index is 0.00347. The summed E-state index contributed by atoms with van der Waals surface area (Å²) in [5, 5.41) is 1.28. The smallest absolute Gasteiger partial charge is 0.264 e. The lowest BCUT2D eigenvalue weighted by molar-refractivity contribution is 0.270. The van der Waals surface area contributed by atoms with Crippen LogP contribution in [0.4, 0.5) is 5.69 Å². The molecule has 0 bridgehead atoms. The molecule has 1 heterocycles. The number of sulfonamides is 1. The van der Waals surface area contributed by atoms with Crippen LogP contribution in [-0.2, 0) is 19.1 Å². The molecule has 160 valence electrons. The monoisotopic (exact) mass is 486 g/mol. The van der Waals surface area contributed by atoms with E-state index in [0.717, 1.165) is 10.9 Å². The fourth-order valence-corrected chi connectivity index (χ4v) is 6.73. The number of hydrogen-bond acceptors (Lipinski definition) is 5. The molecule has 0 amide bonds. The van der Waals surface area contributed by atoms with Gasteiger partial charge in [0.15, 0.2) is 8.38 Å². The molecule has 0 saturated carbocycles. The van der Waals surface area contributed by atoms with Crippen LogP contribution in [-0.4, -0.2) is 32.9 Å². The Morgan fingerprint density at radius 3 is 2.27 bits per heavy atom. The van der Waals surface area contributed by atoms with Crippen LogP contribution in [0.25, 0.3) is 10.9 Å². The van der Waals surface area contributed by atoms with E-state index < -0.39 is 18.4 Å². The third-order valence-electron chi connectivity index (χ3n) is 4.08. The van der Waals surface area contributed by atoms with Crippen molar-refractivity contribution in [3.05, 3.63) is 64.8 Å². The largest absolute Gasteiger partial charge is 0.333 e. The van der Waals surface area contributed by atoms with Crippen LogP contribution in [0.5, 0.6) is 0 Å². The van der Waals surface area contributed by atoms with Gasteiger partial charge in [-0.1, -0.05) is 41.4 Å². The normalized spacial score (nSPS) is 11.9. The van der Waals surface area contributed by atoms with Crippen LogP contribution in [0.1, 0.15) is 13.8 Å². The number of para-hydroxylation sites is 1. The van der Waals surface area contributed by atoms with Gasteiger partial charge in [0.25, 0.3) is 10.0 Å². The number of fused-ring (bicyclic) bond motifs is 1. The van der Waals surface area contributed by atoms with Crippen LogP contribution in [0, 0.1) is 0 Å². The molecule has 0 N–H and O–H groups in total. The number of hydrogen-bond donors (Lipinski definition) is 0. The van der Waals surface area contributed by atoms with Crippen LogP contribution >= 0.6 is 31.6 Å². The molecule has 1 aromatic heterocycles. The lowest BCUT2D eigenvalue weighted by Gasteiger charge is -2.28. The van der Waals surface area contributed by atoms with Crippen molar-refractivity contribution in [2.75, 3.05) is 23.8 Å². The van der Waals surface area contributed by atoms with E-state index in [9.17, 15) is 8.42 Å². The van der Waals surface area contributed by atoms with Gasteiger partial charge in [0, 0.05) is 15.4 Å². The first kappa shape index (κ1) is 23.2. The fourth-order valence-electron chi connectivity index (χ4n) is 2.81. The summed E-state index contributed by atoms with van der Waals surface area (Å²) in [4.78, 5) is 4.39. The first-order valence-corrected chi connectivity index (χ1v) is 12.8. The molecule has 0 fully saturated rings. The molecule has 0 unspecified atom stereocenters. The molecular formula is C20H21Cl2N2O4PS. The van der Waals surface area contributed by atoms with E-state index in [4.69, 9.17) is 32.2 Å². The van der Waals surface area contributed by atoms with Crippen molar-refractivity contribution in [1.29, 1.82) is 0 Å². The maximum Gasteiger partial charge on any atom is 0.264 e. The number of halogens is 2. The Kier molecular flexibility index (Phi) is 7.91. The molecule has 30 heavy (non-hydrogen) atoms. The summed E-state index contributed by atoms with van der Waals surface area (Å²) in [5.41, 5.74) is 1.16. The Morgan fingerprint density at radius 1 is 1.00 bits per heavy atom. The number of benzene rings is 2. The molecule has 10 heteroatoms. The Labute approximate surface area is 187 Å². The van der Waals surface area contributed by atoms with Gasteiger partial charge in [0.05, 0.1) is 35.5 Å². The van der Waals surface area contributed by atoms with E-state index in [1.165, 1.54) is 28.7 Å². The van der Waals surface area contributed by atoms with Gasteiger partial charge in [-0.05, 0) is 44.2 Å². The zero-order chi connectivity index (χ0) is 21.7. The predicted molar refractivity (Wildman–Crippen MR) is 123 cm³/mol. The molecular weight excluding hydrogens is 466 g/mol. The van der Waals surface area contributed by atoms with E-state index in [0.29, 0.717) is 18.9 Å². The molecule has 0 aliphatic rings. The highest BCUT2D eigenvalue weighted by Crippen LogP contribution is 2.42. The van der Waals surface area contributed by atoms with E-state index >= 15 is 0 Å². The second kappa shape index (κ2) is 10.2. The van der Waals surface area contributed by atoms with Gasteiger partial charge in [-0.2, -0.15) is 0 Å². The van der Waals surface area contributed by atoms with Gasteiger partial charge in [-0.25, -0.2) is 8.42 Å². The summed E-state index contributed by atoms with van der Waals surface area (Å²) in [5.74, 6) is 0. The minimum atomic E-state index is -4.02. The SMILES string of the molecule is CCOP(CN(c1cnc2ccccc2c1)S(=O)(=O)c1cc(Cl)cc(Cl)c1)OCC. The average Bonchev–Trinajstić information content (AvgIpc) is 2.71. The zero-order valence-electron chi connectivity index (χ0n) is 16.5. The van der Waals surface area contributed by atoms with Crippen molar-refractivity contribution in [3.8, 4) is 0 Å². The van der Waals surface area contributed by atoms with Crippen LogP contribution in [0.15, 0.2) is 59.6 Å². The Balaban J connectivity index is 2.12. The summed E-state index contributed by atoms with van der Waals surface area (Å²) >= 11 is 12.1. The lowest BCUT2D eigenvalue weighted by Crippen LogP contribution is -2.32. The van der Waals surface area contributed by atoms with Crippen LogP contribution in [0.2, 0.25) is 10.0 Å². The number of pyridine rings is 1. The molecule has 6 nitrogen and oxygen atoms in total. The Morgan fingerprint density at radius 2 is 1.63 bits per heavy atom. The van der Waals surface area contributed by atoms with Crippen molar-refractivity contribution in [2.45, 2.75) is 18.7 Å². The first-order chi connectivity index (χ1) is 14.3. The van der Waals surface area contributed by atoms with Gasteiger partial charge in [-0.3, -0.25) is 9.29 Å². The van der Waals surface area contributed by atoms with E-state index in [-0.39, 0.29) is 21.2 Å². The second-order valence-electron chi connectivity index (χ2n) is 6.15. The quantitative estimate of drug-likeness (QED) is 0.342. The molecule has 0 aliphatic carbocycles. The highest BCUT2D eigenvalue weighted by molar-refractivity contribution is 7.93. The van der Waals surface area contributed by atoms with Crippen LogP contribution in [0.3, 0.4) is 0 Å². The van der Waals surface area contributed by atoms with Crippen molar-refractivity contribution < 1.29 is 17.5 Å². The Bertz CT molecular complexity index is 1100. The van der Waals surface area contributed by atoms with E-state index in [1.54, 1.807) is 6.07 Å². The number of rotatable bonds is 9.